The van der Waals surface area contributed by atoms with Gasteiger partial charge in [0.15, 0.2) is 5.76 Å². The molecule has 0 aromatic carbocycles. The second-order valence-electron chi connectivity index (χ2n) is 7.25. The molecule has 2 aliphatic heterocycles. The van der Waals surface area contributed by atoms with Crippen molar-refractivity contribution in [2.45, 2.75) is 37.8 Å². The summed E-state index contributed by atoms with van der Waals surface area (Å²) in [5.74, 6) is 1.76. The van der Waals surface area contributed by atoms with Crippen molar-refractivity contribution in [1.29, 1.82) is 0 Å². The highest BCUT2D eigenvalue weighted by molar-refractivity contribution is 5.55. The molecule has 3 nitrogen and oxygen atoms in total. The third kappa shape index (κ3) is 1.21. The highest BCUT2D eigenvalue weighted by Crippen LogP contribution is 2.65. The first kappa shape index (κ1) is 12.1. The molecule has 1 N–H and O–H groups in total. The van der Waals surface area contributed by atoms with E-state index in [-0.39, 0.29) is 11.5 Å². The van der Waals surface area contributed by atoms with Gasteiger partial charge in [-0.25, -0.2) is 0 Å². The number of ether oxygens (including phenoxy) is 1. The van der Waals surface area contributed by atoms with Crippen molar-refractivity contribution in [3.05, 3.63) is 47.0 Å². The van der Waals surface area contributed by atoms with Crippen molar-refractivity contribution in [2.75, 3.05) is 13.6 Å². The summed E-state index contributed by atoms with van der Waals surface area (Å²) in [5, 5.41) is 10.3. The van der Waals surface area contributed by atoms with Gasteiger partial charge >= 0.3 is 0 Å². The normalized spacial score (nSPS) is 44.0. The molecule has 5 rings (SSSR count). The average Bonchev–Trinajstić information content (AvgIpc) is 2.83. The number of aliphatic hydroxyl groups excluding tert-OH is 1. The number of hydrogen-bond acceptors (Lipinski definition) is 3. The molecule has 0 saturated carbocycles. The molecule has 0 aromatic heterocycles. The Morgan fingerprint density at radius 1 is 1.43 bits per heavy atom. The van der Waals surface area contributed by atoms with Crippen molar-refractivity contribution in [3.63, 3.8) is 0 Å². The average molecular weight is 283 g/mol. The lowest BCUT2D eigenvalue weighted by molar-refractivity contribution is -0.0170. The minimum atomic E-state index is 0.0317. The van der Waals surface area contributed by atoms with Gasteiger partial charge in [-0.05, 0) is 38.4 Å². The van der Waals surface area contributed by atoms with Crippen LogP contribution in [-0.4, -0.2) is 35.7 Å². The largest absolute Gasteiger partial charge is 0.508 e. The fourth-order valence-corrected chi connectivity index (χ4v) is 5.50. The summed E-state index contributed by atoms with van der Waals surface area (Å²) in [6.07, 6.45) is 8.51. The highest BCUT2D eigenvalue weighted by Gasteiger charge is 2.64. The van der Waals surface area contributed by atoms with E-state index >= 15 is 0 Å². The molecule has 5 aliphatic rings. The van der Waals surface area contributed by atoms with Crippen molar-refractivity contribution >= 4 is 0 Å². The first-order valence-corrected chi connectivity index (χ1v) is 8.02. The molecule has 0 radical (unpaired) electrons. The third-order valence-electron chi connectivity index (χ3n) is 6.44. The molecule has 2 heterocycles. The minimum Gasteiger partial charge on any atom is -0.508 e. The number of hydrogen-bond donors (Lipinski definition) is 1. The van der Waals surface area contributed by atoms with Crippen LogP contribution in [0.1, 0.15) is 25.7 Å². The summed E-state index contributed by atoms with van der Waals surface area (Å²) < 4.78 is 6.29. The number of allylic oxidation sites excluding steroid dienone is 2. The Kier molecular flexibility index (Phi) is 2.10. The van der Waals surface area contributed by atoms with E-state index in [2.05, 4.69) is 30.7 Å². The fraction of sp³-hybridized carbons (Fsp3) is 0.556. The van der Waals surface area contributed by atoms with E-state index in [9.17, 15) is 5.11 Å². The molecule has 1 spiro atoms. The third-order valence-corrected chi connectivity index (χ3v) is 6.44. The maximum Gasteiger partial charge on any atom is 0.161 e. The van der Waals surface area contributed by atoms with Crippen LogP contribution in [0.25, 0.3) is 0 Å². The first-order chi connectivity index (χ1) is 10.1. The van der Waals surface area contributed by atoms with Gasteiger partial charge < -0.3 is 14.7 Å². The van der Waals surface area contributed by atoms with E-state index < -0.39 is 0 Å². The smallest absolute Gasteiger partial charge is 0.161 e. The molecule has 21 heavy (non-hydrogen) atoms. The first-order valence-electron chi connectivity index (χ1n) is 8.02. The molecule has 3 aliphatic carbocycles. The molecule has 0 unspecified atom stereocenters. The van der Waals surface area contributed by atoms with Crippen LogP contribution in [0.2, 0.25) is 0 Å². The Bertz CT molecular complexity index is 656. The lowest BCUT2D eigenvalue weighted by Gasteiger charge is -2.56. The zero-order valence-corrected chi connectivity index (χ0v) is 12.4. The quantitative estimate of drug-likeness (QED) is 0.741. The van der Waals surface area contributed by atoms with Gasteiger partial charge in [0.05, 0.1) is 0 Å². The molecular weight excluding hydrogens is 262 g/mol. The molecule has 4 atom stereocenters. The van der Waals surface area contributed by atoms with Crippen LogP contribution in [-0.2, 0) is 4.74 Å². The topological polar surface area (TPSA) is 32.7 Å². The fourth-order valence-electron chi connectivity index (χ4n) is 5.50. The van der Waals surface area contributed by atoms with E-state index in [0.717, 1.165) is 43.6 Å². The zero-order chi connectivity index (χ0) is 14.4. The Hall–Kier alpha value is -1.48. The van der Waals surface area contributed by atoms with Crippen LogP contribution in [0.5, 0.6) is 0 Å². The van der Waals surface area contributed by atoms with Crippen LogP contribution in [0.3, 0.4) is 0 Å². The lowest BCUT2D eigenvalue weighted by atomic mass is 9.52. The van der Waals surface area contributed by atoms with Crippen LogP contribution in [0.15, 0.2) is 47.0 Å². The van der Waals surface area contributed by atoms with Crippen molar-refractivity contribution in [2.24, 2.45) is 11.3 Å². The van der Waals surface area contributed by atoms with E-state index in [1.54, 1.807) is 0 Å². The SMILES string of the molecule is C=C1C=C[C@H]2[C@H]3CC4=C5C(=C(O)CC4)O[C@@H]1[C@]52CCN3C. The standard InChI is InChI=1S/C18H21NO2/c1-10-3-5-12-13-9-11-4-6-14(20)16-15(11)18(12,17(10)21-16)7-8-19(13)2/h3,5,12-13,17,20H,1,4,6-9H2,2H3/t12-,13+,17-,18-/m0/s1. The monoisotopic (exact) mass is 283 g/mol. The summed E-state index contributed by atoms with van der Waals surface area (Å²) in [7, 11) is 2.25. The molecule has 110 valence electrons. The van der Waals surface area contributed by atoms with Gasteiger partial charge in [0, 0.05) is 29.4 Å². The molecular formula is C18H21NO2. The van der Waals surface area contributed by atoms with Gasteiger partial charge in [-0.1, -0.05) is 24.3 Å². The Morgan fingerprint density at radius 2 is 2.29 bits per heavy atom. The molecule has 2 saturated heterocycles. The summed E-state index contributed by atoms with van der Waals surface area (Å²) in [4.78, 5) is 2.52. The predicted molar refractivity (Wildman–Crippen MR) is 80.6 cm³/mol. The van der Waals surface area contributed by atoms with E-state index in [4.69, 9.17) is 4.74 Å². The van der Waals surface area contributed by atoms with Crippen LogP contribution < -0.4 is 0 Å². The molecule has 0 aromatic rings. The second kappa shape index (κ2) is 3.64. The molecule has 2 fully saturated rings. The van der Waals surface area contributed by atoms with Gasteiger partial charge in [0.1, 0.15) is 11.9 Å². The summed E-state index contributed by atoms with van der Waals surface area (Å²) in [6.45, 7) is 5.34. The summed E-state index contributed by atoms with van der Waals surface area (Å²) in [5.41, 5.74) is 4.00. The van der Waals surface area contributed by atoms with E-state index in [0.29, 0.717) is 17.7 Å². The minimum absolute atomic E-state index is 0.0317. The van der Waals surface area contributed by atoms with Crippen molar-refractivity contribution in [1.82, 2.24) is 4.90 Å². The van der Waals surface area contributed by atoms with Crippen LogP contribution >= 0.6 is 0 Å². The number of rotatable bonds is 0. The molecule has 3 heteroatoms. The van der Waals surface area contributed by atoms with Gasteiger partial charge in [-0.3, -0.25) is 0 Å². The predicted octanol–water partition coefficient (Wildman–Crippen LogP) is 3.08. The summed E-state index contributed by atoms with van der Waals surface area (Å²) >= 11 is 0. The summed E-state index contributed by atoms with van der Waals surface area (Å²) in [6, 6.07) is 0.576. The number of aliphatic hydroxyl groups is 1. The van der Waals surface area contributed by atoms with Crippen LogP contribution in [0.4, 0.5) is 0 Å². The second-order valence-corrected chi connectivity index (χ2v) is 7.25. The number of likely N-dealkylation sites (tertiary alicyclic amines) is 1. The van der Waals surface area contributed by atoms with Gasteiger partial charge in [0.25, 0.3) is 0 Å². The van der Waals surface area contributed by atoms with Crippen molar-refractivity contribution in [3.8, 4) is 0 Å². The zero-order valence-electron chi connectivity index (χ0n) is 12.4. The van der Waals surface area contributed by atoms with E-state index in [1.165, 1.54) is 11.1 Å². The Balaban J connectivity index is 1.82. The molecule has 0 amide bonds. The Labute approximate surface area is 125 Å². The van der Waals surface area contributed by atoms with Gasteiger partial charge in [-0.15, -0.1) is 0 Å². The van der Waals surface area contributed by atoms with Gasteiger partial charge in [0.2, 0.25) is 0 Å². The molecule has 2 bridgehead atoms. The lowest BCUT2D eigenvalue weighted by Crippen LogP contribution is -2.59. The number of piperidine rings is 1. The van der Waals surface area contributed by atoms with E-state index in [1.807, 2.05) is 0 Å². The highest BCUT2D eigenvalue weighted by atomic mass is 16.5. The van der Waals surface area contributed by atoms with Crippen LogP contribution in [0, 0.1) is 11.3 Å². The Morgan fingerprint density at radius 3 is 3.14 bits per heavy atom. The van der Waals surface area contributed by atoms with Crippen molar-refractivity contribution < 1.29 is 9.84 Å². The maximum atomic E-state index is 10.3. The number of nitrogens with zero attached hydrogens (tertiary/aromatic N) is 1. The maximum absolute atomic E-state index is 10.3. The van der Waals surface area contributed by atoms with Gasteiger partial charge in [-0.2, -0.15) is 0 Å².